The Morgan fingerprint density at radius 2 is 2.24 bits per heavy atom. The van der Waals surface area contributed by atoms with E-state index in [-0.39, 0.29) is 5.78 Å². The molecule has 0 radical (unpaired) electrons. The molecule has 0 atom stereocenters. The van der Waals surface area contributed by atoms with Gasteiger partial charge < -0.3 is 4.90 Å². The summed E-state index contributed by atoms with van der Waals surface area (Å²) in [6.07, 6.45) is 2.37. The lowest BCUT2D eigenvalue weighted by molar-refractivity contribution is 0.101. The third-order valence-corrected chi connectivity index (χ3v) is 3.14. The number of hydrogen-bond acceptors (Lipinski definition) is 3. The molecule has 0 N–H and O–H groups in total. The zero-order valence-electron chi connectivity index (χ0n) is 10.2. The van der Waals surface area contributed by atoms with Crippen LogP contribution in [-0.4, -0.2) is 18.4 Å². The topological polar surface area (TPSA) is 44.1 Å². The summed E-state index contributed by atoms with van der Waals surface area (Å²) in [5.74, 6) is 0.0589. The molecule has 0 saturated heterocycles. The average Bonchev–Trinajstić information content (AvgIpc) is 3.14. The molecule has 1 aliphatic carbocycles. The van der Waals surface area contributed by atoms with Gasteiger partial charge in [0.15, 0.2) is 5.78 Å². The number of carbonyl (C=O) groups is 1. The van der Waals surface area contributed by atoms with Gasteiger partial charge in [0.05, 0.1) is 11.6 Å². The van der Waals surface area contributed by atoms with Gasteiger partial charge in [0.2, 0.25) is 0 Å². The van der Waals surface area contributed by atoms with E-state index in [2.05, 4.69) is 17.9 Å². The Kier molecular flexibility index (Phi) is 3.14. The molecule has 0 bridgehead atoms. The highest BCUT2D eigenvalue weighted by molar-refractivity contribution is 6.00. The summed E-state index contributed by atoms with van der Waals surface area (Å²) in [6.45, 7) is 4.53. The van der Waals surface area contributed by atoms with Crippen molar-refractivity contribution in [2.45, 2.75) is 32.7 Å². The molecule has 3 heteroatoms. The fraction of sp³-hybridized carbons (Fsp3) is 0.429. The maximum atomic E-state index is 11.6. The van der Waals surface area contributed by atoms with Gasteiger partial charge in [-0.1, -0.05) is 0 Å². The molecular weight excluding hydrogens is 212 g/mol. The van der Waals surface area contributed by atoms with E-state index in [1.165, 1.54) is 12.8 Å². The minimum absolute atomic E-state index is 0.0589. The van der Waals surface area contributed by atoms with Gasteiger partial charge in [-0.2, -0.15) is 5.26 Å². The third-order valence-electron chi connectivity index (χ3n) is 3.14. The van der Waals surface area contributed by atoms with Crippen LogP contribution in [-0.2, 0) is 0 Å². The van der Waals surface area contributed by atoms with Gasteiger partial charge >= 0.3 is 0 Å². The maximum Gasteiger partial charge on any atom is 0.161 e. The van der Waals surface area contributed by atoms with E-state index in [1.807, 2.05) is 6.07 Å². The molecule has 1 aromatic carbocycles. The van der Waals surface area contributed by atoms with Crippen LogP contribution in [0.1, 0.15) is 42.6 Å². The molecule has 88 valence electrons. The van der Waals surface area contributed by atoms with Crippen LogP contribution in [0.25, 0.3) is 0 Å². The standard InChI is InChI=1S/C14H16N2O/c1-3-16(12-5-6-12)14-8-11(9-15)4-7-13(14)10(2)17/h4,7-8,12H,3,5-6H2,1-2H3. The molecule has 0 amide bonds. The maximum absolute atomic E-state index is 11.6. The van der Waals surface area contributed by atoms with Crippen LogP contribution in [0.15, 0.2) is 18.2 Å². The first-order valence-corrected chi connectivity index (χ1v) is 5.99. The first-order chi connectivity index (χ1) is 8.17. The van der Waals surface area contributed by atoms with Crippen molar-refractivity contribution in [3.8, 4) is 6.07 Å². The monoisotopic (exact) mass is 228 g/mol. The summed E-state index contributed by atoms with van der Waals surface area (Å²) in [6, 6.07) is 7.99. The molecule has 0 heterocycles. The molecule has 0 spiro atoms. The summed E-state index contributed by atoms with van der Waals surface area (Å²) in [7, 11) is 0. The summed E-state index contributed by atoms with van der Waals surface area (Å²) >= 11 is 0. The molecule has 1 aromatic rings. The summed E-state index contributed by atoms with van der Waals surface area (Å²) in [5.41, 5.74) is 2.25. The van der Waals surface area contributed by atoms with Crippen molar-refractivity contribution in [1.29, 1.82) is 5.26 Å². The van der Waals surface area contributed by atoms with Gasteiger partial charge in [-0.25, -0.2) is 0 Å². The molecule has 3 nitrogen and oxygen atoms in total. The molecule has 1 saturated carbocycles. The second-order valence-electron chi connectivity index (χ2n) is 4.42. The summed E-state index contributed by atoms with van der Waals surface area (Å²) < 4.78 is 0. The van der Waals surface area contributed by atoms with Gasteiger partial charge in [0, 0.05) is 23.8 Å². The highest BCUT2D eigenvalue weighted by atomic mass is 16.1. The fourth-order valence-corrected chi connectivity index (χ4v) is 2.15. The zero-order valence-corrected chi connectivity index (χ0v) is 10.2. The molecule has 0 aromatic heterocycles. The van der Waals surface area contributed by atoms with Gasteiger partial charge in [-0.05, 0) is 44.9 Å². The number of ketones is 1. The van der Waals surface area contributed by atoms with Crippen LogP contribution in [0.4, 0.5) is 5.69 Å². The van der Waals surface area contributed by atoms with Crippen molar-refractivity contribution in [2.75, 3.05) is 11.4 Å². The number of hydrogen-bond donors (Lipinski definition) is 0. The van der Waals surface area contributed by atoms with E-state index in [1.54, 1.807) is 19.1 Å². The average molecular weight is 228 g/mol. The van der Waals surface area contributed by atoms with Crippen molar-refractivity contribution < 1.29 is 4.79 Å². The minimum atomic E-state index is 0.0589. The second-order valence-corrected chi connectivity index (χ2v) is 4.42. The fourth-order valence-electron chi connectivity index (χ4n) is 2.15. The minimum Gasteiger partial charge on any atom is -0.368 e. The number of anilines is 1. The Balaban J connectivity index is 2.47. The Labute approximate surface area is 102 Å². The predicted octanol–water partition coefficient (Wildman–Crippen LogP) is 2.75. The molecule has 0 aliphatic heterocycles. The van der Waals surface area contributed by atoms with E-state index >= 15 is 0 Å². The largest absolute Gasteiger partial charge is 0.368 e. The van der Waals surface area contributed by atoms with Gasteiger partial charge in [0.25, 0.3) is 0 Å². The van der Waals surface area contributed by atoms with Gasteiger partial charge in [-0.3, -0.25) is 4.79 Å². The first-order valence-electron chi connectivity index (χ1n) is 5.99. The number of Topliss-reactive ketones (excluding diaryl/α,β-unsaturated/α-hetero) is 1. The van der Waals surface area contributed by atoms with Crippen LogP contribution < -0.4 is 4.90 Å². The smallest absolute Gasteiger partial charge is 0.161 e. The van der Waals surface area contributed by atoms with Crippen molar-refractivity contribution in [3.05, 3.63) is 29.3 Å². The molecule has 1 aliphatic rings. The summed E-state index contributed by atoms with van der Waals surface area (Å²) in [5, 5.41) is 8.95. The molecule has 0 unspecified atom stereocenters. The van der Waals surface area contributed by atoms with Crippen molar-refractivity contribution in [3.63, 3.8) is 0 Å². The molecular formula is C14H16N2O. The van der Waals surface area contributed by atoms with Crippen LogP contribution >= 0.6 is 0 Å². The zero-order chi connectivity index (χ0) is 12.4. The lowest BCUT2D eigenvalue weighted by Gasteiger charge is -2.25. The quantitative estimate of drug-likeness (QED) is 0.744. The Morgan fingerprint density at radius 1 is 1.53 bits per heavy atom. The van der Waals surface area contributed by atoms with E-state index < -0.39 is 0 Å². The number of rotatable bonds is 4. The van der Waals surface area contributed by atoms with Crippen LogP contribution in [0, 0.1) is 11.3 Å². The second kappa shape index (κ2) is 4.58. The van der Waals surface area contributed by atoms with E-state index in [9.17, 15) is 4.79 Å². The molecule has 2 rings (SSSR count). The highest BCUT2D eigenvalue weighted by Gasteiger charge is 2.30. The van der Waals surface area contributed by atoms with Crippen molar-refractivity contribution in [1.82, 2.24) is 0 Å². The molecule has 1 fully saturated rings. The van der Waals surface area contributed by atoms with Gasteiger partial charge in [-0.15, -0.1) is 0 Å². The van der Waals surface area contributed by atoms with E-state index in [0.29, 0.717) is 11.6 Å². The Morgan fingerprint density at radius 3 is 2.71 bits per heavy atom. The Bertz CT molecular complexity index is 483. The normalized spacial score (nSPS) is 14.2. The number of nitrogens with zero attached hydrogens (tertiary/aromatic N) is 2. The number of benzene rings is 1. The van der Waals surface area contributed by atoms with Crippen LogP contribution in [0.3, 0.4) is 0 Å². The molecule has 17 heavy (non-hydrogen) atoms. The first kappa shape index (κ1) is 11.7. The van der Waals surface area contributed by atoms with Crippen molar-refractivity contribution >= 4 is 11.5 Å². The lowest BCUT2D eigenvalue weighted by atomic mass is 10.1. The Hall–Kier alpha value is -1.82. The number of nitriles is 1. The van der Waals surface area contributed by atoms with Crippen LogP contribution in [0.2, 0.25) is 0 Å². The SMILES string of the molecule is CCN(c1cc(C#N)ccc1C(C)=O)C1CC1. The predicted molar refractivity (Wildman–Crippen MR) is 67.2 cm³/mol. The highest BCUT2D eigenvalue weighted by Crippen LogP contribution is 2.34. The number of carbonyl (C=O) groups excluding carboxylic acids is 1. The van der Waals surface area contributed by atoms with Gasteiger partial charge in [0.1, 0.15) is 0 Å². The third kappa shape index (κ3) is 2.31. The summed E-state index contributed by atoms with van der Waals surface area (Å²) in [4.78, 5) is 13.9. The van der Waals surface area contributed by atoms with E-state index in [0.717, 1.165) is 17.8 Å². The van der Waals surface area contributed by atoms with E-state index in [4.69, 9.17) is 5.26 Å². The lowest BCUT2D eigenvalue weighted by Crippen LogP contribution is -2.26. The van der Waals surface area contributed by atoms with Crippen molar-refractivity contribution in [2.24, 2.45) is 0 Å². The van der Waals surface area contributed by atoms with Crippen LogP contribution in [0.5, 0.6) is 0 Å².